The fraction of sp³-hybridized carbons (Fsp3) is 0.714. The number of fused-ring (bicyclic) bond motifs is 1. The molecular weight excluding hydrogens is 260 g/mol. The summed E-state index contributed by atoms with van der Waals surface area (Å²) in [7, 11) is 1.99. The van der Waals surface area contributed by atoms with E-state index in [2.05, 4.69) is 16.6 Å². The van der Waals surface area contributed by atoms with Crippen LogP contribution in [-0.4, -0.2) is 19.3 Å². The highest BCUT2D eigenvalue weighted by Crippen LogP contribution is 2.50. The van der Waals surface area contributed by atoms with Crippen molar-refractivity contribution in [2.75, 3.05) is 0 Å². The van der Waals surface area contributed by atoms with Gasteiger partial charge in [-0.1, -0.05) is 6.92 Å². The third kappa shape index (κ3) is 1.97. The maximum atomic E-state index is 6.32. The van der Waals surface area contributed by atoms with E-state index in [4.69, 9.17) is 16.6 Å². The molecule has 1 aliphatic rings. The first kappa shape index (κ1) is 13.0. The van der Waals surface area contributed by atoms with Gasteiger partial charge in [0.1, 0.15) is 11.3 Å². The van der Waals surface area contributed by atoms with Crippen molar-refractivity contribution < 1.29 is 0 Å². The molecule has 4 nitrogen and oxygen atoms in total. The number of hydrogen-bond donors (Lipinski definition) is 0. The van der Waals surface area contributed by atoms with E-state index >= 15 is 0 Å². The van der Waals surface area contributed by atoms with Crippen LogP contribution in [0.4, 0.5) is 0 Å². The molecule has 0 spiro atoms. The molecule has 0 aromatic carbocycles. The molecule has 0 radical (unpaired) electrons. The van der Waals surface area contributed by atoms with Crippen molar-refractivity contribution in [2.45, 2.75) is 52.0 Å². The second-order valence-corrected chi connectivity index (χ2v) is 6.56. The summed E-state index contributed by atoms with van der Waals surface area (Å²) >= 11 is 6.32. The van der Waals surface area contributed by atoms with Crippen molar-refractivity contribution in [3.63, 3.8) is 0 Å². The summed E-state index contributed by atoms with van der Waals surface area (Å²) in [5, 5.41) is 4.41. The topological polar surface area (TPSA) is 35.6 Å². The first-order valence-corrected chi connectivity index (χ1v) is 7.45. The third-order valence-corrected chi connectivity index (χ3v) is 4.67. The lowest BCUT2D eigenvalue weighted by Crippen LogP contribution is -2.15. The Hall–Kier alpha value is -1.03. The van der Waals surface area contributed by atoms with Gasteiger partial charge in [0.15, 0.2) is 5.65 Å². The van der Waals surface area contributed by atoms with Crippen molar-refractivity contribution in [1.82, 2.24) is 19.3 Å². The number of halogens is 1. The molecule has 0 bridgehead atoms. The molecule has 0 N–H and O–H groups in total. The summed E-state index contributed by atoms with van der Waals surface area (Å²) in [4.78, 5) is 4.73. The van der Waals surface area contributed by atoms with Gasteiger partial charge in [0.25, 0.3) is 0 Å². The molecule has 3 rings (SSSR count). The third-order valence-electron chi connectivity index (χ3n) is 4.48. The van der Waals surface area contributed by atoms with E-state index in [-0.39, 0.29) is 5.38 Å². The van der Waals surface area contributed by atoms with Gasteiger partial charge < -0.3 is 4.57 Å². The standard InChI is InChI=1S/C14H21ClN4/c1-5-14(6-7-14)8-19-12(9(2)15)16-11-10(3)17-18(4)13(11)19/h9H,5-8H2,1-4H3. The van der Waals surface area contributed by atoms with E-state index in [1.165, 1.54) is 19.3 Å². The largest absolute Gasteiger partial charge is 0.311 e. The van der Waals surface area contributed by atoms with Crippen LogP contribution in [0.15, 0.2) is 0 Å². The van der Waals surface area contributed by atoms with Crippen molar-refractivity contribution in [3.8, 4) is 0 Å². The van der Waals surface area contributed by atoms with Crippen LogP contribution < -0.4 is 0 Å². The number of hydrogen-bond acceptors (Lipinski definition) is 2. The van der Waals surface area contributed by atoms with Crippen molar-refractivity contribution in [1.29, 1.82) is 0 Å². The van der Waals surface area contributed by atoms with Gasteiger partial charge in [0, 0.05) is 13.6 Å². The summed E-state index contributed by atoms with van der Waals surface area (Å²) in [5.41, 5.74) is 3.56. The molecule has 1 fully saturated rings. The fourth-order valence-electron chi connectivity index (χ4n) is 2.95. The monoisotopic (exact) mass is 280 g/mol. The predicted molar refractivity (Wildman–Crippen MR) is 77.5 cm³/mol. The van der Waals surface area contributed by atoms with Crippen LogP contribution in [0.1, 0.15) is 50.0 Å². The van der Waals surface area contributed by atoms with Crippen molar-refractivity contribution in [3.05, 3.63) is 11.5 Å². The smallest absolute Gasteiger partial charge is 0.158 e. The lowest BCUT2D eigenvalue weighted by molar-refractivity contribution is 0.403. The Balaban J connectivity index is 2.16. The molecule has 1 atom stereocenters. The number of nitrogens with zero attached hydrogens (tertiary/aromatic N) is 4. The summed E-state index contributed by atoms with van der Waals surface area (Å²) in [6.07, 6.45) is 3.85. The zero-order valence-corrected chi connectivity index (χ0v) is 12.8. The Bertz CT molecular complexity index is 619. The van der Waals surface area contributed by atoms with Crippen LogP contribution in [0.25, 0.3) is 11.2 Å². The zero-order valence-electron chi connectivity index (χ0n) is 12.1. The summed E-state index contributed by atoms with van der Waals surface area (Å²) < 4.78 is 4.23. The van der Waals surface area contributed by atoms with E-state index < -0.39 is 0 Å². The lowest BCUT2D eigenvalue weighted by atomic mass is 10.0. The second-order valence-electron chi connectivity index (χ2n) is 5.91. The Kier molecular flexibility index (Phi) is 2.89. The molecule has 1 unspecified atom stereocenters. The number of aromatic nitrogens is 4. The highest BCUT2D eigenvalue weighted by Gasteiger charge is 2.42. The van der Waals surface area contributed by atoms with E-state index in [1.807, 2.05) is 25.6 Å². The Labute approximate surface area is 118 Å². The Morgan fingerprint density at radius 3 is 2.63 bits per heavy atom. The summed E-state index contributed by atoms with van der Waals surface area (Å²) in [5.74, 6) is 0.979. The molecule has 5 heteroatoms. The molecule has 1 aliphatic carbocycles. The lowest BCUT2D eigenvalue weighted by Gasteiger charge is -2.17. The van der Waals surface area contributed by atoms with Crippen molar-refractivity contribution >= 4 is 22.8 Å². The van der Waals surface area contributed by atoms with Gasteiger partial charge in [-0.25, -0.2) is 4.98 Å². The first-order valence-electron chi connectivity index (χ1n) is 7.01. The number of alkyl halides is 1. The Morgan fingerprint density at radius 2 is 2.11 bits per heavy atom. The minimum atomic E-state index is -0.0699. The van der Waals surface area contributed by atoms with E-state index in [0.717, 1.165) is 29.2 Å². The van der Waals surface area contributed by atoms with Crippen LogP contribution in [0.3, 0.4) is 0 Å². The van der Waals surface area contributed by atoms with E-state index in [1.54, 1.807) is 0 Å². The van der Waals surface area contributed by atoms with Gasteiger partial charge >= 0.3 is 0 Å². The highest BCUT2D eigenvalue weighted by atomic mass is 35.5. The molecule has 0 amide bonds. The summed E-state index contributed by atoms with van der Waals surface area (Å²) in [6, 6.07) is 0. The molecule has 2 aromatic heterocycles. The van der Waals surface area contributed by atoms with Crippen LogP contribution in [-0.2, 0) is 13.6 Å². The summed E-state index contributed by atoms with van der Waals surface area (Å²) in [6.45, 7) is 7.30. The molecule has 19 heavy (non-hydrogen) atoms. The van der Waals surface area contributed by atoms with Gasteiger partial charge in [0.2, 0.25) is 0 Å². The normalized spacial score (nSPS) is 19.0. The van der Waals surface area contributed by atoms with Crippen LogP contribution in [0.2, 0.25) is 0 Å². The van der Waals surface area contributed by atoms with Crippen molar-refractivity contribution in [2.24, 2.45) is 12.5 Å². The highest BCUT2D eigenvalue weighted by molar-refractivity contribution is 6.20. The molecule has 0 aliphatic heterocycles. The van der Waals surface area contributed by atoms with Crippen LogP contribution >= 0.6 is 11.6 Å². The molecule has 2 aromatic rings. The minimum absolute atomic E-state index is 0.0699. The number of rotatable bonds is 4. The SMILES string of the molecule is CCC1(Cn2c(C(C)Cl)nc3c(C)nn(C)c32)CC1. The molecule has 2 heterocycles. The zero-order chi connectivity index (χ0) is 13.8. The number of aryl methyl sites for hydroxylation is 2. The minimum Gasteiger partial charge on any atom is -0.311 e. The van der Waals surface area contributed by atoms with E-state index in [0.29, 0.717) is 5.41 Å². The van der Waals surface area contributed by atoms with Gasteiger partial charge in [-0.3, -0.25) is 4.68 Å². The maximum absolute atomic E-state index is 6.32. The van der Waals surface area contributed by atoms with E-state index in [9.17, 15) is 0 Å². The van der Waals surface area contributed by atoms with Gasteiger partial charge in [-0.05, 0) is 38.5 Å². The average Bonchev–Trinajstić information content (AvgIpc) is 2.92. The number of imidazole rings is 1. The van der Waals surface area contributed by atoms with Gasteiger partial charge in [-0.2, -0.15) is 5.10 Å². The predicted octanol–water partition coefficient (Wildman–Crippen LogP) is 3.57. The molecular formula is C14H21ClN4. The molecule has 1 saturated carbocycles. The van der Waals surface area contributed by atoms with Gasteiger partial charge in [-0.15, -0.1) is 11.6 Å². The maximum Gasteiger partial charge on any atom is 0.158 e. The molecule has 0 saturated heterocycles. The van der Waals surface area contributed by atoms with Crippen LogP contribution in [0, 0.1) is 12.3 Å². The average molecular weight is 281 g/mol. The quantitative estimate of drug-likeness (QED) is 0.803. The first-order chi connectivity index (χ1) is 8.97. The Morgan fingerprint density at radius 1 is 1.42 bits per heavy atom. The fourth-order valence-corrected chi connectivity index (χ4v) is 3.11. The van der Waals surface area contributed by atoms with Gasteiger partial charge in [0.05, 0.1) is 11.1 Å². The second kappa shape index (κ2) is 4.23. The van der Waals surface area contributed by atoms with Crippen LogP contribution in [0.5, 0.6) is 0 Å². The molecule has 104 valence electrons.